The number of ether oxygens (including phenoxy) is 2. The number of hydrogen-bond donors (Lipinski definition) is 0. The van der Waals surface area contributed by atoms with Crippen LogP contribution in [0.5, 0.6) is 5.75 Å². The SMILES string of the molecule is CCCCCCCCc1cccc(OCC2(C)CO2)c1. The highest BCUT2D eigenvalue weighted by molar-refractivity contribution is 5.28. The Hall–Kier alpha value is -1.02. The Morgan fingerprint density at radius 2 is 1.90 bits per heavy atom. The fourth-order valence-corrected chi connectivity index (χ4v) is 2.34. The van der Waals surface area contributed by atoms with Gasteiger partial charge < -0.3 is 9.47 Å². The lowest BCUT2D eigenvalue weighted by Crippen LogP contribution is -2.16. The number of rotatable bonds is 10. The zero-order chi connectivity index (χ0) is 14.3. The third-order valence-electron chi connectivity index (χ3n) is 3.90. The van der Waals surface area contributed by atoms with Crippen molar-refractivity contribution in [1.29, 1.82) is 0 Å². The minimum atomic E-state index is -0.0325. The van der Waals surface area contributed by atoms with E-state index in [-0.39, 0.29) is 5.60 Å². The number of unbranched alkanes of at least 4 members (excludes halogenated alkanes) is 5. The first-order valence-corrected chi connectivity index (χ1v) is 8.07. The molecule has 0 amide bonds. The summed E-state index contributed by atoms with van der Waals surface area (Å²) in [5, 5.41) is 0. The second-order valence-corrected chi connectivity index (χ2v) is 6.19. The summed E-state index contributed by atoms with van der Waals surface area (Å²) in [6, 6.07) is 8.51. The van der Waals surface area contributed by atoms with Gasteiger partial charge in [0.05, 0.1) is 6.61 Å². The van der Waals surface area contributed by atoms with E-state index in [9.17, 15) is 0 Å². The Kier molecular flexibility index (Phi) is 5.90. The van der Waals surface area contributed by atoms with Crippen LogP contribution in [0.2, 0.25) is 0 Å². The Balaban J connectivity index is 1.66. The van der Waals surface area contributed by atoms with Gasteiger partial charge in [-0.3, -0.25) is 0 Å². The molecule has 0 radical (unpaired) electrons. The van der Waals surface area contributed by atoms with E-state index in [1.54, 1.807) is 0 Å². The Bertz CT molecular complexity index is 396. The molecule has 0 N–H and O–H groups in total. The standard InChI is InChI=1S/C18H28O2/c1-3-4-5-6-7-8-10-16-11-9-12-17(13-16)19-14-18(2)15-20-18/h9,11-13H,3-8,10,14-15H2,1-2H3. The van der Waals surface area contributed by atoms with Gasteiger partial charge in [-0.2, -0.15) is 0 Å². The molecule has 1 atom stereocenters. The van der Waals surface area contributed by atoms with Gasteiger partial charge >= 0.3 is 0 Å². The van der Waals surface area contributed by atoms with E-state index in [1.165, 1.54) is 44.1 Å². The molecule has 2 rings (SSSR count). The molecular formula is C18H28O2. The average Bonchev–Trinajstić information content (AvgIpc) is 3.20. The monoisotopic (exact) mass is 276 g/mol. The summed E-state index contributed by atoms with van der Waals surface area (Å²) in [7, 11) is 0. The molecule has 112 valence electrons. The van der Waals surface area contributed by atoms with Crippen LogP contribution in [0.3, 0.4) is 0 Å². The smallest absolute Gasteiger partial charge is 0.123 e. The fraction of sp³-hybridized carbons (Fsp3) is 0.667. The molecule has 20 heavy (non-hydrogen) atoms. The Morgan fingerprint density at radius 1 is 1.15 bits per heavy atom. The molecule has 2 nitrogen and oxygen atoms in total. The van der Waals surface area contributed by atoms with Crippen molar-refractivity contribution in [2.75, 3.05) is 13.2 Å². The van der Waals surface area contributed by atoms with E-state index in [2.05, 4.69) is 32.0 Å². The van der Waals surface area contributed by atoms with Crippen LogP contribution >= 0.6 is 0 Å². The molecule has 1 aliphatic heterocycles. The highest BCUT2D eigenvalue weighted by Crippen LogP contribution is 2.27. The summed E-state index contributed by atoms with van der Waals surface area (Å²) in [4.78, 5) is 0. The molecule has 1 heterocycles. The predicted octanol–water partition coefficient (Wildman–Crippen LogP) is 4.76. The first-order valence-electron chi connectivity index (χ1n) is 8.07. The van der Waals surface area contributed by atoms with Crippen LogP contribution in [0.25, 0.3) is 0 Å². The van der Waals surface area contributed by atoms with Gasteiger partial charge in [0.1, 0.15) is 18.0 Å². The molecule has 1 saturated heterocycles. The maximum Gasteiger partial charge on any atom is 0.123 e. The summed E-state index contributed by atoms with van der Waals surface area (Å²) in [6.45, 7) is 5.84. The Labute approximate surface area is 123 Å². The number of aryl methyl sites for hydroxylation is 1. The number of hydrogen-bond acceptors (Lipinski definition) is 2. The minimum Gasteiger partial charge on any atom is -0.490 e. The summed E-state index contributed by atoms with van der Waals surface area (Å²) < 4.78 is 11.1. The van der Waals surface area contributed by atoms with Crippen LogP contribution < -0.4 is 4.74 Å². The molecular weight excluding hydrogens is 248 g/mol. The molecule has 0 aromatic heterocycles. The molecule has 1 unspecified atom stereocenters. The first-order chi connectivity index (χ1) is 9.72. The third-order valence-corrected chi connectivity index (χ3v) is 3.90. The lowest BCUT2D eigenvalue weighted by atomic mass is 10.0. The molecule has 0 saturated carbocycles. The average molecular weight is 276 g/mol. The van der Waals surface area contributed by atoms with E-state index in [0.717, 1.165) is 18.8 Å². The van der Waals surface area contributed by atoms with Crippen molar-refractivity contribution in [3.05, 3.63) is 29.8 Å². The van der Waals surface area contributed by atoms with Crippen LogP contribution in [0.15, 0.2) is 24.3 Å². The van der Waals surface area contributed by atoms with Crippen LogP contribution in [0.1, 0.15) is 57.9 Å². The molecule has 1 fully saturated rings. The number of benzene rings is 1. The van der Waals surface area contributed by atoms with Crippen LogP contribution in [0.4, 0.5) is 0 Å². The summed E-state index contributed by atoms with van der Waals surface area (Å²) in [5.74, 6) is 0.977. The first kappa shape index (κ1) is 15.4. The number of epoxide rings is 1. The van der Waals surface area contributed by atoms with Gasteiger partial charge in [-0.25, -0.2) is 0 Å². The van der Waals surface area contributed by atoms with Crippen LogP contribution in [0, 0.1) is 0 Å². The van der Waals surface area contributed by atoms with Gasteiger partial charge in [0.15, 0.2) is 0 Å². The van der Waals surface area contributed by atoms with Gasteiger partial charge in [0.25, 0.3) is 0 Å². The van der Waals surface area contributed by atoms with Crippen LogP contribution in [-0.4, -0.2) is 18.8 Å². The van der Waals surface area contributed by atoms with Crippen molar-refractivity contribution in [2.45, 2.75) is 64.4 Å². The van der Waals surface area contributed by atoms with E-state index in [1.807, 2.05) is 6.07 Å². The van der Waals surface area contributed by atoms with Crippen LogP contribution in [-0.2, 0) is 11.2 Å². The predicted molar refractivity (Wildman–Crippen MR) is 83.4 cm³/mol. The third kappa shape index (κ3) is 5.54. The Morgan fingerprint density at radius 3 is 2.65 bits per heavy atom. The van der Waals surface area contributed by atoms with Gasteiger partial charge in [0.2, 0.25) is 0 Å². The quantitative estimate of drug-likeness (QED) is 0.454. The molecule has 1 aromatic rings. The maximum absolute atomic E-state index is 5.81. The lowest BCUT2D eigenvalue weighted by Gasteiger charge is -2.10. The fourth-order valence-electron chi connectivity index (χ4n) is 2.34. The highest BCUT2D eigenvalue weighted by atomic mass is 16.6. The van der Waals surface area contributed by atoms with Gasteiger partial charge in [0, 0.05) is 0 Å². The summed E-state index contributed by atoms with van der Waals surface area (Å²) >= 11 is 0. The van der Waals surface area contributed by atoms with Crippen molar-refractivity contribution in [2.24, 2.45) is 0 Å². The molecule has 1 aromatic carbocycles. The lowest BCUT2D eigenvalue weighted by molar-refractivity contribution is 0.202. The minimum absolute atomic E-state index is 0.0325. The largest absolute Gasteiger partial charge is 0.490 e. The second-order valence-electron chi connectivity index (χ2n) is 6.19. The van der Waals surface area contributed by atoms with E-state index < -0.39 is 0 Å². The molecule has 0 spiro atoms. The highest BCUT2D eigenvalue weighted by Gasteiger charge is 2.40. The van der Waals surface area contributed by atoms with Crippen molar-refractivity contribution in [1.82, 2.24) is 0 Å². The zero-order valence-corrected chi connectivity index (χ0v) is 13.0. The van der Waals surface area contributed by atoms with Crippen molar-refractivity contribution in [3.63, 3.8) is 0 Å². The summed E-state index contributed by atoms with van der Waals surface area (Å²) in [5.41, 5.74) is 1.36. The van der Waals surface area contributed by atoms with E-state index >= 15 is 0 Å². The van der Waals surface area contributed by atoms with Crippen molar-refractivity contribution < 1.29 is 9.47 Å². The van der Waals surface area contributed by atoms with Gasteiger partial charge in [-0.05, 0) is 37.5 Å². The van der Waals surface area contributed by atoms with E-state index in [0.29, 0.717) is 6.61 Å². The van der Waals surface area contributed by atoms with Crippen molar-refractivity contribution in [3.8, 4) is 5.75 Å². The maximum atomic E-state index is 5.81. The zero-order valence-electron chi connectivity index (χ0n) is 13.0. The topological polar surface area (TPSA) is 21.8 Å². The van der Waals surface area contributed by atoms with Gasteiger partial charge in [-0.15, -0.1) is 0 Å². The molecule has 2 heteroatoms. The van der Waals surface area contributed by atoms with E-state index in [4.69, 9.17) is 9.47 Å². The summed E-state index contributed by atoms with van der Waals surface area (Å²) in [6.07, 6.45) is 9.26. The second kappa shape index (κ2) is 7.68. The molecule has 1 aliphatic rings. The molecule has 0 bridgehead atoms. The van der Waals surface area contributed by atoms with Gasteiger partial charge in [-0.1, -0.05) is 51.2 Å². The van der Waals surface area contributed by atoms with Crippen molar-refractivity contribution >= 4 is 0 Å². The molecule has 0 aliphatic carbocycles. The normalized spacial score (nSPS) is 20.9.